The normalized spacial score (nSPS) is 20.9. The zero-order valence-electron chi connectivity index (χ0n) is 12.3. The fourth-order valence-electron chi connectivity index (χ4n) is 2.35. The minimum Gasteiger partial charge on any atom is -0.296 e. The average Bonchev–Trinajstić information content (AvgIpc) is 2.95. The fraction of sp³-hybridized carbons (Fsp3) is 0.769. The van der Waals surface area contributed by atoms with Crippen molar-refractivity contribution in [3.05, 3.63) is 16.1 Å². The lowest BCUT2D eigenvalue weighted by Gasteiger charge is -2.14. The Balaban J connectivity index is 1.80. The quantitative estimate of drug-likeness (QED) is 0.866. The van der Waals surface area contributed by atoms with E-state index in [0.29, 0.717) is 18.4 Å². The number of nitrogens with zero attached hydrogens (tertiary/aromatic N) is 2. The van der Waals surface area contributed by atoms with Crippen molar-refractivity contribution in [1.82, 2.24) is 14.6 Å². The van der Waals surface area contributed by atoms with Crippen LogP contribution >= 0.6 is 11.3 Å². The lowest BCUT2D eigenvalue weighted by molar-refractivity contribution is 0.316. The van der Waals surface area contributed by atoms with E-state index in [-0.39, 0.29) is 0 Å². The van der Waals surface area contributed by atoms with Crippen molar-refractivity contribution in [2.45, 2.75) is 32.7 Å². The highest BCUT2D eigenvalue weighted by Crippen LogP contribution is 2.22. The van der Waals surface area contributed by atoms with Gasteiger partial charge in [0.25, 0.3) is 0 Å². The van der Waals surface area contributed by atoms with Gasteiger partial charge in [-0.2, -0.15) is 0 Å². The number of likely N-dealkylation sites (tertiary alicyclic amines) is 1. The first kappa shape index (κ1) is 15.9. The second kappa shape index (κ2) is 6.51. The molecule has 1 fully saturated rings. The van der Waals surface area contributed by atoms with E-state index in [4.69, 9.17) is 0 Å². The summed E-state index contributed by atoms with van der Waals surface area (Å²) < 4.78 is 24.8. The molecule has 0 aromatic carbocycles. The molecule has 5 nitrogen and oxygen atoms in total. The van der Waals surface area contributed by atoms with E-state index in [1.807, 2.05) is 0 Å². The monoisotopic (exact) mass is 317 g/mol. The van der Waals surface area contributed by atoms with Crippen LogP contribution in [0.5, 0.6) is 0 Å². The summed E-state index contributed by atoms with van der Waals surface area (Å²) in [5, 5.41) is 3.30. The van der Waals surface area contributed by atoms with E-state index in [9.17, 15) is 8.42 Å². The third-order valence-electron chi connectivity index (χ3n) is 3.52. The Hall–Kier alpha value is -0.500. The molecular formula is C13H23N3O2S2. The SMILES string of the molecule is CC(C)c1csc(CN2CCC(CNS(C)(=O)=O)C2)n1. The molecule has 1 atom stereocenters. The summed E-state index contributed by atoms with van der Waals surface area (Å²) in [5.74, 6) is 0.888. The largest absolute Gasteiger partial charge is 0.296 e. The Morgan fingerprint density at radius 2 is 2.30 bits per heavy atom. The smallest absolute Gasteiger partial charge is 0.208 e. The summed E-state index contributed by atoms with van der Waals surface area (Å²) in [6, 6.07) is 0. The van der Waals surface area contributed by atoms with E-state index in [0.717, 1.165) is 31.1 Å². The molecule has 0 spiro atoms. The molecule has 2 rings (SSSR count). The van der Waals surface area contributed by atoms with E-state index < -0.39 is 10.0 Å². The van der Waals surface area contributed by atoms with Gasteiger partial charge in [-0.05, 0) is 24.8 Å². The van der Waals surface area contributed by atoms with Gasteiger partial charge in [0.2, 0.25) is 10.0 Å². The number of sulfonamides is 1. The first-order valence-electron chi connectivity index (χ1n) is 6.95. The van der Waals surface area contributed by atoms with Crippen LogP contribution < -0.4 is 4.72 Å². The van der Waals surface area contributed by atoms with E-state index in [2.05, 4.69) is 33.8 Å². The van der Waals surface area contributed by atoms with Gasteiger partial charge in [0.1, 0.15) is 5.01 Å². The molecular weight excluding hydrogens is 294 g/mol. The summed E-state index contributed by atoms with van der Waals surface area (Å²) in [7, 11) is -3.07. The number of hydrogen-bond acceptors (Lipinski definition) is 5. The Labute approximate surface area is 125 Å². The molecule has 114 valence electrons. The predicted molar refractivity (Wildman–Crippen MR) is 82.4 cm³/mol. The summed E-state index contributed by atoms with van der Waals surface area (Å²) >= 11 is 1.72. The third kappa shape index (κ3) is 4.80. The Morgan fingerprint density at radius 3 is 2.90 bits per heavy atom. The van der Waals surface area contributed by atoms with E-state index >= 15 is 0 Å². The molecule has 7 heteroatoms. The maximum Gasteiger partial charge on any atom is 0.208 e. The standard InChI is InChI=1S/C13H23N3O2S2/c1-10(2)12-9-19-13(15-12)8-16-5-4-11(7-16)6-14-20(3,17)18/h9-11,14H,4-8H2,1-3H3. The van der Waals surface area contributed by atoms with Crippen molar-refractivity contribution < 1.29 is 8.42 Å². The van der Waals surface area contributed by atoms with Crippen LogP contribution in [0, 0.1) is 5.92 Å². The minimum atomic E-state index is -3.07. The molecule has 0 saturated carbocycles. The molecule has 2 heterocycles. The fourth-order valence-corrected chi connectivity index (χ4v) is 3.88. The van der Waals surface area contributed by atoms with Crippen LogP contribution in [0.1, 0.15) is 36.9 Å². The van der Waals surface area contributed by atoms with Crippen molar-refractivity contribution in [2.24, 2.45) is 5.92 Å². The predicted octanol–water partition coefficient (Wildman–Crippen LogP) is 1.64. The number of aromatic nitrogens is 1. The maximum absolute atomic E-state index is 11.1. The second-order valence-corrected chi connectivity index (χ2v) is 8.61. The molecule has 1 saturated heterocycles. The topological polar surface area (TPSA) is 62.3 Å². The highest BCUT2D eigenvalue weighted by Gasteiger charge is 2.24. The molecule has 0 amide bonds. The zero-order valence-corrected chi connectivity index (χ0v) is 13.9. The molecule has 0 bridgehead atoms. The third-order valence-corrected chi connectivity index (χ3v) is 5.07. The van der Waals surface area contributed by atoms with E-state index in [1.54, 1.807) is 11.3 Å². The van der Waals surface area contributed by atoms with Gasteiger partial charge in [-0.3, -0.25) is 4.90 Å². The van der Waals surface area contributed by atoms with Gasteiger partial charge < -0.3 is 0 Å². The van der Waals surface area contributed by atoms with E-state index in [1.165, 1.54) is 11.9 Å². The summed E-state index contributed by atoms with van der Waals surface area (Å²) in [5.41, 5.74) is 1.17. The average molecular weight is 317 g/mol. The molecule has 1 N–H and O–H groups in total. The van der Waals surface area contributed by atoms with Gasteiger partial charge in [0.15, 0.2) is 0 Å². The van der Waals surface area contributed by atoms with Gasteiger partial charge in [0.05, 0.1) is 18.5 Å². The molecule has 1 aliphatic heterocycles. The second-order valence-electron chi connectivity index (χ2n) is 5.83. The summed E-state index contributed by atoms with van der Waals surface area (Å²) in [6.07, 6.45) is 2.26. The van der Waals surface area contributed by atoms with Crippen molar-refractivity contribution in [3.8, 4) is 0 Å². The zero-order chi connectivity index (χ0) is 14.8. The van der Waals surface area contributed by atoms with Crippen LogP contribution in [0.15, 0.2) is 5.38 Å². The van der Waals surface area contributed by atoms with Crippen LogP contribution in [-0.2, 0) is 16.6 Å². The van der Waals surface area contributed by atoms with Crippen LogP contribution in [-0.4, -0.2) is 44.2 Å². The van der Waals surface area contributed by atoms with Crippen LogP contribution in [0.4, 0.5) is 0 Å². The number of rotatable bonds is 6. The Bertz CT molecular complexity index is 540. The lowest BCUT2D eigenvalue weighted by Crippen LogP contribution is -2.30. The van der Waals surface area contributed by atoms with Gasteiger partial charge in [-0.25, -0.2) is 18.1 Å². The van der Waals surface area contributed by atoms with Crippen molar-refractivity contribution in [3.63, 3.8) is 0 Å². The van der Waals surface area contributed by atoms with Crippen molar-refractivity contribution in [1.29, 1.82) is 0 Å². The molecule has 0 aliphatic carbocycles. The number of nitrogens with one attached hydrogen (secondary N) is 1. The summed E-state index contributed by atoms with van der Waals surface area (Å²) in [6.45, 7) is 7.70. The van der Waals surface area contributed by atoms with Gasteiger partial charge in [-0.15, -0.1) is 11.3 Å². The molecule has 0 radical (unpaired) electrons. The Kier molecular flexibility index (Phi) is 5.17. The number of hydrogen-bond donors (Lipinski definition) is 1. The molecule has 1 aromatic heterocycles. The molecule has 20 heavy (non-hydrogen) atoms. The number of thiazole rings is 1. The minimum absolute atomic E-state index is 0.411. The summed E-state index contributed by atoms with van der Waals surface area (Å²) in [4.78, 5) is 7.01. The molecule has 1 unspecified atom stereocenters. The highest BCUT2D eigenvalue weighted by atomic mass is 32.2. The first-order valence-corrected chi connectivity index (χ1v) is 9.72. The first-order chi connectivity index (χ1) is 9.33. The lowest BCUT2D eigenvalue weighted by atomic mass is 10.1. The Morgan fingerprint density at radius 1 is 1.55 bits per heavy atom. The van der Waals surface area contributed by atoms with Gasteiger partial charge >= 0.3 is 0 Å². The van der Waals surface area contributed by atoms with Crippen LogP contribution in [0.2, 0.25) is 0 Å². The van der Waals surface area contributed by atoms with Crippen molar-refractivity contribution >= 4 is 21.4 Å². The van der Waals surface area contributed by atoms with Crippen molar-refractivity contribution in [2.75, 3.05) is 25.9 Å². The maximum atomic E-state index is 11.1. The van der Waals surface area contributed by atoms with Gasteiger partial charge in [-0.1, -0.05) is 13.8 Å². The molecule has 1 aliphatic rings. The van der Waals surface area contributed by atoms with Crippen LogP contribution in [0.25, 0.3) is 0 Å². The van der Waals surface area contributed by atoms with Crippen LogP contribution in [0.3, 0.4) is 0 Å². The molecule has 1 aromatic rings. The highest BCUT2D eigenvalue weighted by molar-refractivity contribution is 7.88. The van der Waals surface area contributed by atoms with Gasteiger partial charge in [0, 0.05) is 18.5 Å².